The number of nitrogens with zero attached hydrogens (tertiary/aromatic N) is 1. The van der Waals surface area contributed by atoms with E-state index >= 15 is 0 Å². The van der Waals surface area contributed by atoms with Crippen molar-refractivity contribution in [2.75, 3.05) is 14.2 Å². The summed E-state index contributed by atoms with van der Waals surface area (Å²) in [5.41, 5.74) is 0. The Balaban J connectivity index is 1.98. The average Bonchev–Trinajstić information content (AvgIpc) is 2.89. The summed E-state index contributed by atoms with van der Waals surface area (Å²) in [6.07, 6.45) is 6.65. The van der Waals surface area contributed by atoms with Crippen LogP contribution in [0.15, 0.2) is 12.2 Å². The van der Waals surface area contributed by atoms with E-state index in [-0.39, 0.29) is 11.8 Å². The number of hydrogen-bond donors (Lipinski definition) is 0. The van der Waals surface area contributed by atoms with Crippen molar-refractivity contribution in [3.63, 3.8) is 0 Å². The van der Waals surface area contributed by atoms with Crippen LogP contribution in [0.5, 0.6) is 0 Å². The summed E-state index contributed by atoms with van der Waals surface area (Å²) in [5.74, 6) is 1.42. The molecule has 0 aromatic heterocycles. The molecule has 3 heteroatoms. The maximum absolute atomic E-state index is 11.7. The van der Waals surface area contributed by atoms with Crippen molar-refractivity contribution in [2.24, 2.45) is 17.8 Å². The summed E-state index contributed by atoms with van der Waals surface area (Å²) < 4.78 is 0. The molecule has 0 aromatic rings. The second kappa shape index (κ2) is 3.14. The topological polar surface area (TPSA) is 29.5 Å². The highest BCUT2D eigenvalue weighted by Crippen LogP contribution is 2.53. The lowest BCUT2D eigenvalue weighted by atomic mass is 10.1. The zero-order valence-electron chi connectivity index (χ0n) is 8.06. The molecule has 0 spiro atoms. The molecule has 0 heterocycles. The molecule has 72 valence electrons. The van der Waals surface area contributed by atoms with Crippen molar-refractivity contribution < 1.29 is 9.63 Å². The van der Waals surface area contributed by atoms with Gasteiger partial charge in [0, 0.05) is 7.05 Å². The normalized spacial score (nSPS) is 35.4. The molecule has 0 radical (unpaired) electrons. The first-order valence-corrected chi connectivity index (χ1v) is 4.74. The van der Waals surface area contributed by atoms with E-state index < -0.39 is 0 Å². The van der Waals surface area contributed by atoms with Gasteiger partial charge in [-0.25, -0.2) is 5.06 Å². The first kappa shape index (κ1) is 8.75. The molecule has 0 bridgehead atoms. The molecule has 3 nitrogen and oxygen atoms in total. The Morgan fingerprint density at radius 1 is 1.62 bits per heavy atom. The summed E-state index contributed by atoms with van der Waals surface area (Å²) >= 11 is 0. The fourth-order valence-corrected chi connectivity index (χ4v) is 2.22. The Morgan fingerprint density at radius 2 is 2.38 bits per heavy atom. The monoisotopic (exact) mass is 181 g/mol. The van der Waals surface area contributed by atoms with Crippen LogP contribution in [0.3, 0.4) is 0 Å². The van der Waals surface area contributed by atoms with Gasteiger partial charge in [-0.2, -0.15) is 0 Å². The summed E-state index contributed by atoms with van der Waals surface area (Å²) in [6, 6.07) is 0. The summed E-state index contributed by atoms with van der Waals surface area (Å²) in [7, 11) is 3.20. The lowest BCUT2D eigenvalue weighted by Gasteiger charge is -2.12. The van der Waals surface area contributed by atoms with E-state index in [9.17, 15) is 4.79 Å². The van der Waals surface area contributed by atoms with Gasteiger partial charge < -0.3 is 0 Å². The van der Waals surface area contributed by atoms with E-state index in [4.69, 9.17) is 4.84 Å². The van der Waals surface area contributed by atoms with Crippen LogP contribution in [0.4, 0.5) is 0 Å². The molecule has 2 rings (SSSR count). The van der Waals surface area contributed by atoms with Gasteiger partial charge >= 0.3 is 0 Å². The van der Waals surface area contributed by atoms with Crippen molar-refractivity contribution in [3.8, 4) is 0 Å². The Kier molecular flexibility index (Phi) is 2.12. The highest BCUT2D eigenvalue weighted by Gasteiger charge is 2.54. The van der Waals surface area contributed by atoms with Crippen LogP contribution in [0, 0.1) is 17.8 Å². The Bertz CT molecular complexity index is 249. The number of carbonyl (C=O) groups is 1. The minimum absolute atomic E-state index is 0.129. The summed E-state index contributed by atoms with van der Waals surface area (Å²) in [6.45, 7) is 0. The van der Waals surface area contributed by atoms with E-state index in [0.717, 1.165) is 12.8 Å². The minimum Gasteiger partial charge on any atom is -0.275 e. The molecule has 0 unspecified atom stereocenters. The third-order valence-corrected chi connectivity index (χ3v) is 3.12. The number of hydroxylamine groups is 2. The molecule has 0 saturated heterocycles. The van der Waals surface area contributed by atoms with Gasteiger partial charge in [0.1, 0.15) is 0 Å². The van der Waals surface area contributed by atoms with Gasteiger partial charge in [-0.1, -0.05) is 12.2 Å². The fourth-order valence-electron chi connectivity index (χ4n) is 2.22. The predicted molar refractivity (Wildman–Crippen MR) is 48.6 cm³/mol. The first-order valence-electron chi connectivity index (χ1n) is 4.74. The Labute approximate surface area is 78.3 Å². The van der Waals surface area contributed by atoms with Crippen LogP contribution < -0.4 is 0 Å². The van der Waals surface area contributed by atoms with E-state index in [1.807, 2.05) is 0 Å². The van der Waals surface area contributed by atoms with Crippen LogP contribution in [-0.4, -0.2) is 25.1 Å². The molecule has 13 heavy (non-hydrogen) atoms. The van der Waals surface area contributed by atoms with E-state index in [1.54, 1.807) is 7.05 Å². The molecule has 0 N–H and O–H groups in total. The zero-order chi connectivity index (χ0) is 9.42. The Hall–Kier alpha value is -0.830. The van der Waals surface area contributed by atoms with Crippen LogP contribution >= 0.6 is 0 Å². The number of amides is 1. The van der Waals surface area contributed by atoms with Gasteiger partial charge in [-0.15, -0.1) is 0 Å². The predicted octanol–water partition coefficient (Wildman–Crippen LogP) is 1.22. The summed E-state index contributed by atoms with van der Waals surface area (Å²) in [5, 5.41) is 1.34. The number of hydrogen-bond acceptors (Lipinski definition) is 2. The highest BCUT2D eigenvalue weighted by molar-refractivity contribution is 5.81. The van der Waals surface area contributed by atoms with Gasteiger partial charge in [-0.05, 0) is 24.7 Å². The third-order valence-electron chi connectivity index (χ3n) is 3.12. The third kappa shape index (κ3) is 1.37. The van der Waals surface area contributed by atoms with Crippen LogP contribution in [0.25, 0.3) is 0 Å². The minimum atomic E-state index is 0.129. The molecule has 2 aliphatic carbocycles. The van der Waals surface area contributed by atoms with Crippen LogP contribution in [0.2, 0.25) is 0 Å². The van der Waals surface area contributed by atoms with Crippen LogP contribution in [-0.2, 0) is 9.63 Å². The Morgan fingerprint density at radius 3 is 2.92 bits per heavy atom. The maximum atomic E-state index is 11.7. The zero-order valence-corrected chi connectivity index (χ0v) is 8.06. The molecule has 1 fully saturated rings. The smallest absolute Gasteiger partial charge is 0.249 e. The second-order valence-corrected chi connectivity index (χ2v) is 3.79. The van der Waals surface area contributed by atoms with E-state index in [0.29, 0.717) is 11.8 Å². The SMILES string of the molecule is CON(C)C(=O)[C@H]1[C@H]2C=CCC[C@H]21. The van der Waals surface area contributed by atoms with Crippen LogP contribution in [0.1, 0.15) is 12.8 Å². The van der Waals surface area contributed by atoms with Crippen molar-refractivity contribution in [2.45, 2.75) is 12.8 Å². The van der Waals surface area contributed by atoms with Gasteiger partial charge in [0.2, 0.25) is 5.91 Å². The van der Waals surface area contributed by atoms with Gasteiger partial charge in [0.25, 0.3) is 0 Å². The maximum Gasteiger partial charge on any atom is 0.249 e. The average molecular weight is 181 g/mol. The van der Waals surface area contributed by atoms with Gasteiger partial charge in [0.05, 0.1) is 13.0 Å². The molecular weight excluding hydrogens is 166 g/mol. The molecule has 1 amide bonds. The van der Waals surface area contributed by atoms with E-state index in [2.05, 4.69) is 12.2 Å². The highest BCUT2D eigenvalue weighted by atomic mass is 16.7. The van der Waals surface area contributed by atoms with E-state index in [1.165, 1.54) is 12.2 Å². The largest absolute Gasteiger partial charge is 0.275 e. The number of allylic oxidation sites excluding steroid dienone is 2. The van der Waals surface area contributed by atoms with Crippen molar-refractivity contribution in [1.82, 2.24) is 5.06 Å². The lowest BCUT2D eigenvalue weighted by molar-refractivity contribution is -0.170. The first-order chi connectivity index (χ1) is 6.25. The molecule has 3 atom stereocenters. The lowest BCUT2D eigenvalue weighted by Crippen LogP contribution is -2.27. The number of rotatable bonds is 2. The van der Waals surface area contributed by atoms with Gasteiger partial charge in [-0.3, -0.25) is 9.63 Å². The fraction of sp³-hybridized carbons (Fsp3) is 0.700. The number of fused-ring (bicyclic) bond motifs is 1. The molecule has 0 aliphatic heterocycles. The molecule has 1 saturated carbocycles. The second-order valence-electron chi connectivity index (χ2n) is 3.79. The van der Waals surface area contributed by atoms with Gasteiger partial charge in [0.15, 0.2) is 0 Å². The molecular formula is C10H15NO2. The number of carbonyl (C=O) groups excluding carboxylic acids is 1. The molecule has 0 aromatic carbocycles. The molecule has 2 aliphatic rings. The van der Waals surface area contributed by atoms with Crippen molar-refractivity contribution >= 4 is 5.91 Å². The van der Waals surface area contributed by atoms with Crippen molar-refractivity contribution in [1.29, 1.82) is 0 Å². The quantitative estimate of drug-likeness (QED) is 0.473. The standard InChI is InChI=1S/C10H15NO2/c1-11(13-2)10(12)9-7-5-3-4-6-8(7)9/h3,5,7-9H,4,6H2,1-2H3/t7-,8+,9-/m0/s1. The van der Waals surface area contributed by atoms with Crippen molar-refractivity contribution in [3.05, 3.63) is 12.2 Å². The summed E-state index contributed by atoms with van der Waals surface area (Å²) in [4.78, 5) is 16.5.